The van der Waals surface area contributed by atoms with Crippen molar-refractivity contribution in [2.24, 2.45) is 0 Å². The van der Waals surface area contributed by atoms with Crippen LogP contribution in [0.1, 0.15) is 25.3 Å². The number of benzene rings is 1. The van der Waals surface area contributed by atoms with Gasteiger partial charge in [0.1, 0.15) is 6.54 Å². The monoisotopic (exact) mass is 260 g/mol. The topological polar surface area (TPSA) is 54.3 Å². The van der Waals surface area contributed by atoms with Crippen LogP contribution in [-0.2, 0) is 17.9 Å². The lowest BCUT2D eigenvalue weighted by Gasteiger charge is -2.07. The van der Waals surface area contributed by atoms with Gasteiger partial charge in [0.25, 0.3) is 0 Å². The number of carbonyl (C=O) groups is 1. The van der Waals surface area contributed by atoms with Crippen molar-refractivity contribution >= 4 is 16.8 Å². The molecule has 0 spiro atoms. The predicted octanol–water partition coefficient (Wildman–Crippen LogP) is 2.05. The lowest BCUT2D eigenvalue weighted by Crippen LogP contribution is -2.28. The van der Waals surface area contributed by atoms with Gasteiger partial charge in [0.2, 0.25) is 5.91 Å². The first kappa shape index (κ1) is 13.6. The Hall–Kier alpha value is -1.81. The van der Waals surface area contributed by atoms with Crippen LogP contribution in [0.3, 0.4) is 0 Å². The molecule has 0 fully saturated rings. The smallest absolute Gasteiger partial charge is 0.239 e. The number of hydrogen-bond acceptors (Lipinski definition) is 2. The molecule has 0 radical (unpaired) electrons. The van der Waals surface area contributed by atoms with Crippen molar-refractivity contribution in [3.05, 3.63) is 36.0 Å². The molecule has 102 valence electrons. The molecule has 19 heavy (non-hydrogen) atoms. The van der Waals surface area contributed by atoms with Crippen molar-refractivity contribution in [1.82, 2.24) is 9.88 Å². The highest BCUT2D eigenvalue weighted by atomic mass is 16.3. The molecule has 0 bridgehead atoms. The number of nitrogens with one attached hydrogen (secondary N) is 1. The maximum Gasteiger partial charge on any atom is 0.239 e. The predicted molar refractivity (Wildman–Crippen MR) is 75.8 cm³/mol. The second kappa shape index (κ2) is 6.38. The lowest BCUT2D eigenvalue weighted by molar-refractivity contribution is -0.121. The standard InChI is InChI=1S/C15H20N2O2/c1-2-3-7-16-15(19)10-17-8-6-13-5-4-12(11-18)9-14(13)17/h4-6,8-9,18H,2-3,7,10-11H2,1H3,(H,16,19). The molecule has 1 aromatic carbocycles. The molecule has 0 aliphatic carbocycles. The minimum absolute atomic E-state index is 0.0177. The van der Waals surface area contributed by atoms with Gasteiger partial charge in [-0.1, -0.05) is 25.5 Å². The summed E-state index contributed by atoms with van der Waals surface area (Å²) in [6, 6.07) is 7.77. The highest BCUT2D eigenvalue weighted by Gasteiger charge is 2.06. The Kier molecular flexibility index (Phi) is 4.58. The fraction of sp³-hybridized carbons (Fsp3) is 0.400. The molecular formula is C15H20N2O2. The van der Waals surface area contributed by atoms with Gasteiger partial charge in [-0.15, -0.1) is 0 Å². The number of rotatable bonds is 6. The number of aliphatic hydroxyl groups excluding tert-OH is 1. The lowest BCUT2D eigenvalue weighted by atomic mass is 10.2. The van der Waals surface area contributed by atoms with Crippen molar-refractivity contribution in [2.45, 2.75) is 32.9 Å². The third-order valence-corrected chi connectivity index (χ3v) is 3.19. The van der Waals surface area contributed by atoms with Gasteiger partial charge in [-0.2, -0.15) is 0 Å². The second-order valence-corrected chi connectivity index (χ2v) is 4.70. The van der Waals surface area contributed by atoms with Crippen LogP contribution in [0.4, 0.5) is 0 Å². The number of carbonyl (C=O) groups excluding carboxylic acids is 1. The van der Waals surface area contributed by atoms with Crippen LogP contribution in [0, 0.1) is 0 Å². The van der Waals surface area contributed by atoms with Gasteiger partial charge in [-0.05, 0) is 29.5 Å². The van der Waals surface area contributed by atoms with Crippen molar-refractivity contribution in [3.8, 4) is 0 Å². The number of aliphatic hydroxyl groups is 1. The van der Waals surface area contributed by atoms with E-state index in [-0.39, 0.29) is 12.5 Å². The van der Waals surface area contributed by atoms with E-state index in [1.54, 1.807) is 0 Å². The second-order valence-electron chi connectivity index (χ2n) is 4.70. The first-order valence-corrected chi connectivity index (χ1v) is 6.70. The molecule has 2 rings (SSSR count). The fourth-order valence-corrected chi connectivity index (χ4v) is 2.08. The summed E-state index contributed by atoms with van der Waals surface area (Å²) in [7, 11) is 0. The Morgan fingerprint density at radius 2 is 2.21 bits per heavy atom. The van der Waals surface area contributed by atoms with E-state index in [1.807, 2.05) is 35.0 Å². The molecule has 1 amide bonds. The summed E-state index contributed by atoms with van der Waals surface area (Å²) in [4.78, 5) is 11.8. The van der Waals surface area contributed by atoms with Gasteiger partial charge >= 0.3 is 0 Å². The highest BCUT2D eigenvalue weighted by Crippen LogP contribution is 2.17. The average Bonchev–Trinajstić information content (AvgIpc) is 2.81. The van der Waals surface area contributed by atoms with E-state index in [0.29, 0.717) is 6.54 Å². The van der Waals surface area contributed by atoms with Crippen LogP contribution < -0.4 is 5.32 Å². The summed E-state index contributed by atoms with van der Waals surface area (Å²) < 4.78 is 1.91. The summed E-state index contributed by atoms with van der Waals surface area (Å²) in [6.07, 6.45) is 3.99. The SMILES string of the molecule is CCCCNC(=O)Cn1ccc2ccc(CO)cc21. The fourth-order valence-electron chi connectivity index (χ4n) is 2.08. The van der Waals surface area contributed by atoms with Crippen molar-refractivity contribution in [2.75, 3.05) is 6.54 Å². The minimum Gasteiger partial charge on any atom is -0.392 e. The minimum atomic E-state index is 0.0177. The Bertz CT molecular complexity index is 560. The summed E-state index contributed by atoms with van der Waals surface area (Å²) in [5, 5.41) is 13.2. The van der Waals surface area contributed by atoms with Crippen molar-refractivity contribution < 1.29 is 9.90 Å². The van der Waals surface area contributed by atoms with Gasteiger partial charge in [-0.3, -0.25) is 4.79 Å². The first-order valence-electron chi connectivity index (χ1n) is 6.70. The molecule has 0 aliphatic rings. The number of aromatic nitrogens is 1. The highest BCUT2D eigenvalue weighted by molar-refractivity contribution is 5.83. The molecule has 1 heterocycles. The van der Waals surface area contributed by atoms with Crippen LogP contribution in [0.15, 0.2) is 30.5 Å². The van der Waals surface area contributed by atoms with Crippen molar-refractivity contribution in [1.29, 1.82) is 0 Å². The van der Waals surface area contributed by atoms with Crippen LogP contribution in [0.25, 0.3) is 10.9 Å². The first-order chi connectivity index (χ1) is 9.24. The van der Waals surface area contributed by atoms with Gasteiger partial charge < -0.3 is 15.0 Å². The van der Waals surface area contributed by atoms with Gasteiger partial charge in [0, 0.05) is 18.3 Å². The van der Waals surface area contributed by atoms with E-state index in [2.05, 4.69) is 12.2 Å². The van der Waals surface area contributed by atoms with Crippen LogP contribution in [0.2, 0.25) is 0 Å². The molecule has 1 aromatic heterocycles. The van der Waals surface area contributed by atoms with E-state index in [0.717, 1.165) is 35.9 Å². The zero-order chi connectivity index (χ0) is 13.7. The number of unbranched alkanes of at least 4 members (excludes halogenated alkanes) is 1. The van der Waals surface area contributed by atoms with Crippen LogP contribution >= 0.6 is 0 Å². The maximum absolute atomic E-state index is 11.8. The molecule has 0 atom stereocenters. The van der Waals surface area contributed by atoms with Crippen LogP contribution in [0.5, 0.6) is 0 Å². The number of hydrogen-bond donors (Lipinski definition) is 2. The Morgan fingerprint density at radius 1 is 1.37 bits per heavy atom. The molecule has 2 N–H and O–H groups in total. The maximum atomic E-state index is 11.8. The number of amides is 1. The third kappa shape index (κ3) is 3.35. The molecule has 4 nitrogen and oxygen atoms in total. The number of fused-ring (bicyclic) bond motifs is 1. The largest absolute Gasteiger partial charge is 0.392 e. The van der Waals surface area contributed by atoms with E-state index < -0.39 is 0 Å². The Balaban J connectivity index is 2.09. The summed E-state index contributed by atoms with van der Waals surface area (Å²) in [5.74, 6) is 0.0281. The normalized spacial score (nSPS) is 10.8. The molecule has 0 saturated carbocycles. The third-order valence-electron chi connectivity index (χ3n) is 3.19. The summed E-state index contributed by atoms with van der Waals surface area (Å²) in [6.45, 7) is 3.17. The van der Waals surface area contributed by atoms with E-state index in [1.165, 1.54) is 0 Å². The summed E-state index contributed by atoms with van der Waals surface area (Å²) in [5.41, 5.74) is 1.84. The van der Waals surface area contributed by atoms with E-state index >= 15 is 0 Å². The van der Waals surface area contributed by atoms with Gasteiger partial charge in [-0.25, -0.2) is 0 Å². The zero-order valence-corrected chi connectivity index (χ0v) is 11.2. The number of nitrogens with zero attached hydrogens (tertiary/aromatic N) is 1. The quantitative estimate of drug-likeness (QED) is 0.781. The van der Waals surface area contributed by atoms with Gasteiger partial charge in [0.15, 0.2) is 0 Å². The molecule has 0 unspecified atom stereocenters. The molecule has 2 aromatic rings. The average molecular weight is 260 g/mol. The zero-order valence-electron chi connectivity index (χ0n) is 11.2. The van der Waals surface area contributed by atoms with Crippen molar-refractivity contribution in [3.63, 3.8) is 0 Å². The Labute approximate surface area is 113 Å². The summed E-state index contributed by atoms with van der Waals surface area (Å²) >= 11 is 0. The molecule has 4 heteroatoms. The Morgan fingerprint density at radius 3 is 2.95 bits per heavy atom. The van der Waals surface area contributed by atoms with Gasteiger partial charge in [0.05, 0.1) is 6.61 Å². The van der Waals surface area contributed by atoms with E-state index in [4.69, 9.17) is 5.11 Å². The molecule has 0 aliphatic heterocycles. The van der Waals surface area contributed by atoms with Crippen LogP contribution in [-0.4, -0.2) is 22.1 Å². The molecular weight excluding hydrogens is 240 g/mol. The molecule has 0 saturated heterocycles. The van der Waals surface area contributed by atoms with E-state index in [9.17, 15) is 4.79 Å².